The highest BCUT2D eigenvalue weighted by Crippen LogP contribution is 2.24. The molecule has 0 radical (unpaired) electrons. The number of benzene rings is 1. The monoisotopic (exact) mass is 348 g/mol. The lowest BCUT2D eigenvalue weighted by Gasteiger charge is -2.08. The van der Waals surface area contributed by atoms with E-state index in [0.29, 0.717) is 16.3 Å². The second-order valence-electron chi connectivity index (χ2n) is 4.52. The molecule has 0 spiro atoms. The van der Waals surface area contributed by atoms with Gasteiger partial charge < -0.3 is 14.8 Å². The predicted octanol–water partition coefficient (Wildman–Crippen LogP) is 2.90. The van der Waals surface area contributed by atoms with Crippen LogP contribution in [-0.4, -0.2) is 31.6 Å². The van der Waals surface area contributed by atoms with Crippen molar-refractivity contribution >= 4 is 34.2 Å². The zero-order valence-corrected chi connectivity index (χ0v) is 13.9. The number of thiophene rings is 1. The van der Waals surface area contributed by atoms with Gasteiger partial charge in [-0.15, -0.1) is 11.3 Å². The van der Waals surface area contributed by atoms with Crippen molar-refractivity contribution in [2.45, 2.75) is 6.92 Å². The molecule has 0 aliphatic heterocycles. The molecule has 24 heavy (non-hydrogen) atoms. The Bertz CT molecular complexity index is 756. The van der Waals surface area contributed by atoms with E-state index in [1.54, 1.807) is 36.6 Å². The first-order valence-electron chi connectivity index (χ1n) is 7.06. The number of amides is 3. The first kappa shape index (κ1) is 17.5. The summed E-state index contributed by atoms with van der Waals surface area (Å²) in [6.07, 6.45) is -0.834. The van der Waals surface area contributed by atoms with Crippen LogP contribution in [0.25, 0.3) is 0 Å². The summed E-state index contributed by atoms with van der Waals surface area (Å²) in [6.45, 7) is 1.79. The second kappa shape index (κ2) is 8.11. The van der Waals surface area contributed by atoms with E-state index < -0.39 is 12.0 Å². The van der Waals surface area contributed by atoms with E-state index in [1.807, 2.05) is 0 Å². The Morgan fingerprint density at radius 2 is 1.96 bits per heavy atom. The van der Waals surface area contributed by atoms with Crippen molar-refractivity contribution in [3.05, 3.63) is 46.8 Å². The molecule has 8 heteroatoms. The molecule has 2 aromatic rings. The van der Waals surface area contributed by atoms with Gasteiger partial charge in [0.25, 0.3) is 11.8 Å². The van der Waals surface area contributed by atoms with Gasteiger partial charge in [0, 0.05) is 5.56 Å². The van der Waals surface area contributed by atoms with Crippen LogP contribution in [0.1, 0.15) is 27.6 Å². The van der Waals surface area contributed by atoms with Gasteiger partial charge in [0.2, 0.25) is 0 Å². The number of anilines is 1. The number of hydrogen-bond acceptors (Lipinski definition) is 6. The molecule has 2 rings (SSSR count). The Morgan fingerprint density at radius 3 is 2.67 bits per heavy atom. The molecule has 7 nitrogen and oxygen atoms in total. The molecule has 2 N–H and O–H groups in total. The summed E-state index contributed by atoms with van der Waals surface area (Å²) in [7, 11) is 1.51. The number of imide groups is 1. The Hall–Kier alpha value is -2.87. The molecule has 0 aliphatic carbocycles. The van der Waals surface area contributed by atoms with Gasteiger partial charge in [-0.2, -0.15) is 0 Å². The maximum absolute atomic E-state index is 12.3. The summed E-state index contributed by atoms with van der Waals surface area (Å²) in [5.74, 6) is -0.480. The van der Waals surface area contributed by atoms with Crippen molar-refractivity contribution in [1.29, 1.82) is 0 Å². The summed E-state index contributed by atoms with van der Waals surface area (Å²) >= 11 is 1.18. The van der Waals surface area contributed by atoms with Gasteiger partial charge in [-0.3, -0.25) is 14.9 Å². The van der Waals surface area contributed by atoms with E-state index in [1.165, 1.54) is 24.5 Å². The summed E-state index contributed by atoms with van der Waals surface area (Å²) in [5, 5.41) is 6.72. The normalized spacial score (nSPS) is 9.92. The molecule has 0 unspecified atom stereocenters. The van der Waals surface area contributed by atoms with Crippen molar-refractivity contribution in [1.82, 2.24) is 5.32 Å². The maximum atomic E-state index is 12.3. The lowest BCUT2D eigenvalue weighted by molar-refractivity contribution is 0.0926. The number of carbonyl (C=O) groups excluding carboxylic acids is 3. The molecule has 1 heterocycles. The fourth-order valence-corrected chi connectivity index (χ4v) is 2.63. The molecule has 0 bridgehead atoms. The molecular weight excluding hydrogens is 332 g/mol. The van der Waals surface area contributed by atoms with Crippen molar-refractivity contribution in [3.8, 4) is 5.75 Å². The number of nitrogens with one attached hydrogen (secondary N) is 2. The first-order valence-corrected chi connectivity index (χ1v) is 7.94. The topological polar surface area (TPSA) is 93.7 Å². The summed E-state index contributed by atoms with van der Waals surface area (Å²) in [5.41, 5.74) is 0.573. The SMILES string of the molecule is CCOC(=O)NC(=O)c1ccsc1NC(=O)c1cccc(OC)c1. The molecule has 0 atom stereocenters. The van der Waals surface area contributed by atoms with E-state index in [9.17, 15) is 14.4 Å². The third-order valence-corrected chi connectivity index (χ3v) is 3.79. The smallest absolute Gasteiger partial charge is 0.414 e. The molecule has 3 amide bonds. The second-order valence-corrected chi connectivity index (χ2v) is 5.44. The molecule has 0 saturated heterocycles. The van der Waals surface area contributed by atoms with Crippen LogP contribution in [0.5, 0.6) is 5.75 Å². The van der Waals surface area contributed by atoms with Crippen LogP contribution in [0.3, 0.4) is 0 Å². The molecule has 0 saturated carbocycles. The van der Waals surface area contributed by atoms with Gasteiger partial charge in [0.15, 0.2) is 0 Å². The minimum absolute atomic E-state index is 0.155. The van der Waals surface area contributed by atoms with Crippen LogP contribution in [-0.2, 0) is 4.74 Å². The van der Waals surface area contributed by atoms with E-state index in [4.69, 9.17) is 4.74 Å². The zero-order chi connectivity index (χ0) is 17.5. The van der Waals surface area contributed by atoms with Crippen LogP contribution in [0, 0.1) is 0 Å². The quantitative estimate of drug-likeness (QED) is 0.866. The minimum Gasteiger partial charge on any atom is -0.497 e. The average Bonchev–Trinajstić information content (AvgIpc) is 3.03. The van der Waals surface area contributed by atoms with Gasteiger partial charge in [-0.25, -0.2) is 4.79 Å². The van der Waals surface area contributed by atoms with E-state index in [0.717, 1.165) is 0 Å². The summed E-state index contributed by atoms with van der Waals surface area (Å²) < 4.78 is 9.73. The number of carbonyl (C=O) groups is 3. The fourth-order valence-electron chi connectivity index (χ4n) is 1.85. The Morgan fingerprint density at radius 1 is 1.17 bits per heavy atom. The summed E-state index contributed by atoms with van der Waals surface area (Å²) in [6, 6.07) is 8.14. The predicted molar refractivity (Wildman–Crippen MR) is 89.8 cm³/mol. The van der Waals surface area contributed by atoms with Gasteiger partial charge in [0.05, 0.1) is 19.3 Å². The summed E-state index contributed by atoms with van der Waals surface area (Å²) in [4.78, 5) is 35.7. The molecular formula is C16H16N2O5S. The number of rotatable bonds is 5. The standard InChI is InChI=1S/C16H16N2O5S/c1-3-23-16(21)18-14(20)12-7-8-24-15(12)17-13(19)10-5-4-6-11(9-10)22-2/h4-9H,3H2,1-2H3,(H,17,19)(H,18,20,21). The van der Waals surface area contributed by atoms with Crippen LogP contribution < -0.4 is 15.4 Å². The lowest BCUT2D eigenvalue weighted by atomic mass is 10.2. The number of alkyl carbamates (subject to hydrolysis) is 1. The average molecular weight is 348 g/mol. The third-order valence-electron chi connectivity index (χ3n) is 2.96. The minimum atomic E-state index is -0.834. The van der Waals surface area contributed by atoms with Gasteiger partial charge in [-0.1, -0.05) is 6.07 Å². The van der Waals surface area contributed by atoms with Crippen LogP contribution in [0.2, 0.25) is 0 Å². The number of hydrogen-bond donors (Lipinski definition) is 2. The first-order chi connectivity index (χ1) is 11.5. The van der Waals surface area contributed by atoms with Gasteiger partial charge >= 0.3 is 6.09 Å². The van der Waals surface area contributed by atoms with E-state index >= 15 is 0 Å². The fraction of sp³-hybridized carbons (Fsp3) is 0.188. The molecule has 126 valence electrons. The molecule has 0 aliphatic rings. The number of methoxy groups -OCH3 is 1. The molecule has 1 aromatic carbocycles. The Kier molecular flexibility index (Phi) is 5.91. The Balaban J connectivity index is 2.11. The van der Waals surface area contributed by atoms with E-state index in [2.05, 4.69) is 15.4 Å². The van der Waals surface area contributed by atoms with E-state index in [-0.39, 0.29) is 18.1 Å². The number of ether oxygens (including phenoxy) is 2. The van der Waals surface area contributed by atoms with Gasteiger partial charge in [0.1, 0.15) is 10.8 Å². The van der Waals surface area contributed by atoms with Gasteiger partial charge in [-0.05, 0) is 36.6 Å². The third kappa shape index (κ3) is 4.32. The van der Waals surface area contributed by atoms with Crippen molar-refractivity contribution in [3.63, 3.8) is 0 Å². The highest BCUT2D eigenvalue weighted by molar-refractivity contribution is 7.14. The Labute approximate surface area is 142 Å². The van der Waals surface area contributed by atoms with Crippen LogP contribution in [0.4, 0.5) is 9.80 Å². The molecule has 1 aromatic heterocycles. The highest BCUT2D eigenvalue weighted by Gasteiger charge is 2.18. The maximum Gasteiger partial charge on any atom is 0.414 e. The van der Waals surface area contributed by atoms with Crippen LogP contribution >= 0.6 is 11.3 Å². The zero-order valence-electron chi connectivity index (χ0n) is 13.1. The molecule has 0 fully saturated rings. The highest BCUT2D eigenvalue weighted by atomic mass is 32.1. The largest absolute Gasteiger partial charge is 0.497 e. The van der Waals surface area contributed by atoms with Crippen molar-refractivity contribution in [2.24, 2.45) is 0 Å². The van der Waals surface area contributed by atoms with Crippen LogP contribution in [0.15, 0.2) is 35.7 Å². The van der Waals surface area contributed by atoms with Crippen molar-refractivity contribution in [2.75, 3.05) is 19.0 Å². The lowest BCUT2D eigenvalue weighted by Crippen LogP contribution is -2.31. The van der Waals surface area contributed by atoms with Crippen molar-refractivity contribution < 1.29 is 23.9 Å².